The van der Waals surface area contributed by atoms with Gasteiger partial charge >= 0.3 is 0 Å². The van der Waals surface area contributed by atoms with Crippen molar-refractivity contribution in [2.75, 3.05) is 38.0 Å². The van der Waals surface area contributed by atoms with Crippen LogP contribution in [0.25, 0.3) is 5.69 Å². The van der Waals surface area contributed by atoms with Crippen LogP contribution in [0.4, 0.5) is 10.1 Å². The summed E-state index contributed by atoms with van der Waals surface area (Å²) in [4.78, 5) is 32.1. The van der Waals surface area contributed by atoms with Gasteiger partial charge in [0.2, 0.25) is 5.91 Å². The van der Waals surface area contributed by atoms with Crippen molar-refractivity contribution in [3.8, 4) is 5.69 Å². The Morgan fingerprint density at radius 2 is 1.75 bits per heavy atom. The van der Waals surface area contributed by atoms with E-state index < -0.39 is 0 Å². The summed E-state index contributed by atoms with van der Waals surface area (Å²) in [6.45, 7) is 2.27. The normalized spacial score (nSPS) is 14.4. The van der Waals surface area contributed by atoms with Crippen LogP contribution in [0.15, 0.2) is 54.7 Å². The minimum Gasteiger partial charge on any atom is -0.336 e. The minimum absolute atomic E-state index is 0.159. The van der Waals surface area contributed by atoms with E-state index in [9.17, 15) is 14.0 Å². The van der Waals surface area contributed by atoms with E-state index in [1.54, 1.807) is 52.1 Å². The molecule has 0 aliphatic carbocycles. The maximum atomic E-state index is 13.3. The molecule has 10 heteroatoms. The Balaban J connectivity index is 1.37. The van der Waals surface area contributed by atoms with Gasteiger partial charge in [-0.1, -0.05) is 23.7 Å². The molecule has 1 saturated heterocycles. The number of carbonyl (C=O) groups excluding carboxylic acids is 2. The van der Waals surface area contributed by atoms with Gasteiger partial charge in [-0.15, -0.1) is 0 Å². The van der Waals surface area contributed by atoms with E-state index in [1.165, 1.54) is 12.1 Å². The van der Waals surface area contributed by atoms with E-state index in [0.717, 1.165) is 0 Å². The highest BCUT2D eigenvalue weighted by Crippen LogP contribution is 2.20. The lowest BCUT2D eigenvalue weighted by atomic mass is 10.2. The van der Waals surface area contributed by atoms with Gasteiger partial charge in [0, 0.05) is 38.1 Å². The van der Waals surface area contributed by atoms with Crippen LogP contribution < -0.4 is 5.32 Å². The Labute approximate surface area is 194 Å². The third-order valence-corrected chi connectivity index (χ3v) is 5.88. The number of amides is 2. The number of carbonyl (C=O) groups is 2. The van der Waals surface area contributed by atoms with Gasteiger partial charge in [-0.2, -0.15) is 0 Å². The summed E-state index contributed by atoms with van der Waals surface area (Å²) in [7, 11) is 0. The van der Waals surface area contributed by atoms with Crippen LogP contribution in [0, 0.1) is 10.6 Å². The third kappa shape index (κ3) is 4.90. The minimum atomic E-state index is -0.363. The van der Waals surface area contributed by atoms with Crippen molar-refractivity contribution in [3.05, 3.63) is 76.0 Å². The van der Waals surface area contributed by atoms with Gasteiger partial charge in [-0.25, -0.2) is 4.39 Å². The zero-order valence-corrected chi connectivity index (χ0v) is 18.6. The Morgan fingerprint density at radius 1 is 1.06 bits per heavy atom. The summed E-state index contributed by atoms with van der Waals surface area (Å²) in [5.74, 6) is -0.700. The van der Waals surface area contributed by atoms with E-state index in [4.69, 9.17) is 23.8 Å². The number of rotatable bonds is 5. The van der Waals surface area contributed by atoms with Crippen LogP contribution in [0.3, 0.4) is 0 Å². The number of H-pyrrole nitrogens is 1. The molecule has 7 nitrogen and oxygen atoms in total. The van der Waals surface area contributed by atoms with E-state index in [2.05, 4.69) is 10.3 Å². The molecule has 166 valence electrons. The van der Waals surface area contributed by atoms with E-state index in [1.807, 2.05) is 4.90 Å². The zero-order chi connectivity index (χ0) is 22.7. The van der Waals surface area contributed by atoms with Crippen molar-refractivity contribution < 1.29 is 14.0 Å². The molecule has 4 rings (SSSR count). The van der Waals surface area contributed by atoms with Crippen LogP contribution in [-0.2, 0) is 4.79 Å². The lowest BCUT2D eigenvalue weighted by Crippen LogP contribution is -2.50. The first-order valence-corrected chi connectivity index (χ1v) is 10.8. The summed E-state index contributed by atoms with van der Waals surface area (Å²) in [6.07, 6.45) is 1.57. The highest BCUT2D eigenvalue weighted by molar-refractivity contribution is 7.71. The van der Waals surface area contributed by atoms with Crippen LogP contribution >= 0.6 is 23.8 Å². The number of nitrogens with zero attached hydrogens (tertiary/aromatic N) is 3. The molecule has 0 saturated carbocycles. The van der Waals surface area contributed by atoms with Crippen LogP contribution in [0.1, 0.15) is 10.5 Å². The lowest BCUT2D eigenvalue weighted by molar-refractivity contribution is -0.117. The molecule has 1 aromatic heterocycles. The first kappa shape index (κ1) is 22.2. The fourth-order valence-electron chi connectivity index (χ4n) is 3.60. The predicted molar refractivity (Wildman–Crippen MR) is 123 cm³/mol. The summed E-state index contributed by atoms with van der Waals surface area (Å²) in [6, 6.07) is 12.9. The quantitative estimate of drug-likeness (QED) is 0.554. The molecule has 2 amide bonds. The van der Waals surface area contributed by atoms with E-state index in [-0.39, 0.29) is 24.2 Å². The SMILES string of the molecule is O=C(CN1CCN(C(=O)c2c[nH]c(=S)n2-c2ccc(F)cc2)CC1)Nc1ccccc1Cl. The van der Waals surface area contributed by atoms with Gasteiger partial charge in [0.25, 0.3) is 5.91 Å². The Hall–Kier alpha value is -3.01. The van der Waals surface area contributed by atoms with Crippen LogP contribution in [-0.4, -0.2) is 63.9 Å². The van der Waals surface area contributed by atoms with Crippen molar-refractivity contribution in [1.29, 1.82) is 0 Å². The number of piperazine rings is 1. The van der Waals surface area contributed by atoms with Crippen molar-refractivity contribution in [2.24, 2.45) is 0 Å². The average Bonchev–Trinajstić information content (AvgIpc) is 3.17. The average molecular weight is 474 g/mol. The number of nitrogens with one attached hydrogen (secondary N) is 2. The number of anilines is 1. The molecule has 1 aliphatic rings. The van der Waals surface area contributed by atoms with E-state index in [0.29, 0.717) is 53.0 Å². The first-order chi connectivity index (χ1) is 15.4. The molecule has 0 spiro atoms. The van der Waals surface area contributed by atoms with E-state index >= 15 is 0 Å². The van der Waals surface area contributed by atoms with Gasteiger partial charge in [0.1, 0.15) is 11.5 Å². The molecule has 1 aliphatic heterocycles. The molecular weight excluding hydrogens is 453 g/mol. The van der Waals surface area contributed by atoms with Gasteiger partial charge in [-0.3, -0.25) is 19.1 Å². The maximum absolute atomic E-state index is 13.3. The monoisotopic (exact) mass is 473 g/mol. The number of aromatic amines is 1. The van der Waals surface area contributed by atoms with Crippen molar-refractivity contribution in [1.82, 2.24) is 19.4 Å². The molecule has 2 aromatic carbocycles. The molecule has 0 unspecified atom stereocenters. The van der Waals surface area contributed by atoms with Gasteiger partial charge in [0.15, 0.2) is 4.77 Å². The van der Waals surface area contributed by atoms with Crippen molar-refractivity contribution >= 4 is 41.3 Å². The third-order valence-electron chi connectivity index (χ3n) is 5.25. The Bertz CT molecular complexity index is 1190. The number of hydrogen-bond acceptors (Lipinski definition) is 4. The van der Waals surface area contributed by atoms with Gasteiger partial charge in [0.05, 0.1) is 17.3 Å². The Morgan fingerprint density at radius 3 is 2.44 bits per heavy atom. The molecule has 2 N–H and O–H groups in total. The molecule has 3 aromatic rings. The predicted octanol–water partition coefficient (Wildman–Crippen LogP) is 3.72. The standard InChI is InChI=1S/C22H21ClFN5O2S/c23-17-3-1-2-4-18(17)26-20(30)14-27-9-11-28(12-10-27)21(31)19-13-25-22(32)29(19)16-7-5-15(24)6-8-16/h1-8,13H,9-12,14H2,(H,25,32)(H,26,30). The number of imidazole rings is 1. The second kappa shape index (κ2) is 9.64. The highest BCUT2D eigenvalue weighted by atomic mass is 35.5. The van der Waals surface area contributed by atoms with Crippen molar-refractivity contribution in [3.63, 3.8) is 0 Å². The second-order valence-corrected chi connectivity index (χ2v) is 8.18. The van der Waals surface area contributed by atoms with Crippen molar-refractivity contribution in [2.45, 2.75) is 0 Å². The van der Waals surface area contributed by atoms with Crippen LogP contribution in [0.5, 0.6) is 0 Å². The molecule has 32 heavy (non-hydrogen) atoms. The summed E-state index contributed by atoms with van der Waals surface area (Å²) >= 11 is 11.4. The first-order valence-electron chi connectivity index (χ1n) is 10.0. The van der Waals surface area contributed by atoms with Crippen LogP contribution in [0.2, 0.25) is 5.02 Å². The number of para-hydroxylation sites is 1. The molecule has 0 radical (unpaired) electrons. The number of benzene rings is 2. The number of hydrogen-bond donors (Lipinski definition) is 2. The molecule has 0 atom stereocenters. The summed E-state index contributed by atoms with van der Waals surface area (Å²) in [5.41, 5.74) is 1.56. The lowest BCUT2D eigenvalue weighted by Gasteiger charge is -2.34. The smallest absolute Gasteiger partial charge is 0.272 e. The second-order valence-electron chi connectivity index (χ2n) is 7.39. The fourth-order valence-corrected chi connectivity index (χ4v) is 4.04. The number of aromatic nitrogens is 2. The highest BCUT2D eigenvalue weighted by Gasteiger charge is 2.26. The zero-order valence-electron chi connectivity index (χ0n) is 17.1. The Kier molecular flexibility index (Phi) is 6.69. The summed E-state index contributed by atoms with van der Waals surface area (Å²) < 4.78 is 15.2. The summed E-state index contributed by atoms with van der Waals surface area (Å²) in [5, 5.41) is 3.30. The molecule has 1 fully saturated rings. The topological polar surface area (TPSA) is 73.4 Å². The largest absolute Gasteiger partial charge is 0.336 e. The molecule has 2 heterocycles. The molecular formula is C22H21ClFN5O2S. The fraction of sp³-hybridized carbons (Fsp3) is 0.227. The maximum Gasteiger partial charge on any atom is 0.272 e. The number of halogens is 2. The molecule has 0 bridgehead atoms. The van der Waals surface area contributed by atoms with Gasteiger partial charge < -0.3 is 15.2 Å². The van der Waals surface area contributed by atoms with Gasteiger partial charge in [-0.05, 0) is 48.6 Å².